The van der Waals surface area contributed by atoms with Gasteiger partial charge in [-0.25, -0.2) is 14.6 Å². The van der Waals surface area contributed by atoms with Crippen LogP contribution in [-0.2, 0) is 9.53 Å². The fraction of sp³-hybridized carbons (Fsp3) is 0.455. The molecule has 1 aromatic heterocycles. The lowest BCUT2D eigenvalue weighted by atomic mass is 9.97. The maximum absolute atomic E-state index is 12.8. The molecule has 2 heterocycles. The molecule has 0 aliphatic carbocycles. The molecule has 31 heavy (non-hydrogen) atoms. The van der Waals surface area contributed by atoms with Crippen molar-refractivity contribution in [2.24, 2.45) is 0 Å². The molecule has 3 rings (SSSR count). The lowest BCUT2D eigenvalue weighted by Crippen LogP contribution is -2.47. The van der Waals surface area contributed by atoms with E-state index in [-0.39, 0.29) is 17.9 Å². The van der Waals surface area contributed by atoms with Crippen molar-refractivity contribution >= 4 is 17.9 Å². The highest BCUT2D eigenvalue weighted by molar-refractivity contribution is 5.92. The monoisotopic (exact) mass is 428 g/mol. The Bertz CT molecular complexity index is 933. The van der Waals surface area contributed by atoms with Crippen molar-refractivity contribution in [2.45, 2.75) is 31.7 Å². The highest BCUT2D eigenvalue weighted by atomic mass is 16.5. The molecule has 1 aromatic carbocycles. The van der Waals surface area contributed by atoms with Crippen LogP contribution in [0.15, 0.2) is 34.7 Å². The average molecular weight is 428 g/mol. The molecule has 1 fully saturated rings. The van der Waals surface area contributed by atoms with Gasteiger partial charge < -0.3 is 24.3 Å². The molecule has 1 atom stereocenters. The maximum Gasteiger partial charge on any atom is 0.333 e. The number of benzene rings is 1. The van der Waals surface area contributed by atoms with E-state index in [0.29, 0.717) is 48.8 Å². The fourth-order valence-electron chi connectivity index (χ4n) is 3.59. The van der Waals surface area contributed by atoms with Crippen molar-refractivity contribution < 1.29 is 23.5 Å². The number of methoxy groups -OCH3 is 1. The summed E-state index contributed by atoms with van der Waals surface area (Å²) in [6, 6.07) is 7.78. The topological polar surface area (TPSA) is 105 Å². The van der Waals surface area contributed by atoms with Crippen molar-refractivity contribution in [2.75, 3.05) is 34.3 Å². The van der Waals surface area contributed by atoms with Gasteiger partial charge in [0.2, 0.25) is 0 Å². The van der Waals surface area contributed by atoms with Gasteiger partial charge in [-0.3, -0.25) is 4.79 Å². The van der Waals surface area contributed by atoms with Gasteiger partial charge in [0.25, 0.3) is 5.91 Å². The summed E-state index contributed by atoms with van der Waals surface area (Å²) in [6.45, 7) is 2.70. The summed E-state index contributed by atoms with van der Waals surface area (Å²) in [7, 11) is 4.64. The Balaban J connectivity index is 1.62. The summed E-state index contributed by atoms with van der Waals surface area (Å²) in [5.74, 6) is 0.330. The molecule has 3 amide bonds. The van der Waals surface area contributed by atoms with Gasteiger partial charge in [-0.2, -0.15) is 0 Å². The van der Waals surface area contributed by atoms with Crippen LogP contribution in [-0.4, -0.2) is 67.0 Å². The number of urea groups is 1. The predicted molar refractivity (Wildman–Crippen MR) is 113 cm³/mol. The number of hydrogen-bond acceptors (Lipinski definition) is 6. The third-order valence-corrected chi connectivity index (χ3v) is 5.39. The van der Waals surface area contributed by atoms with Crippen LogP contribution < -0.4 is 5.32 Å². The Morgan fingerprint density at radius 1 is 1.19 bits per heavy atom. The highest BCUT2D eigenvalue weighted by Crippen LogP contribution is 2.29. The maximum atomic E-state index is 12.8. The predicted octanol–water partition coefficient (Wildman–Crippen LogP) is 2.49. The van der Waals surface area contributed by atoms with E-state index in [1.807, 2.05) is 6.07 Å². The first-order valence-corrected chi connectivity index (χ1v) is 10.2. The Kier molecular flexibility index (Phi) is 6.94. The summed E-state index contributed by atoms with van der Waals surface area (Å²) >= 11 is 0. The van der Waals surface area contributed by atoms with Crippen molar-refractivity contribution in [3.05, 3.63) is 53.2 Å². The van der Waals surface area contributed by atoms with E-state index in [9.17, 15) is 14.4 Å². The van der Waals surface area contributed by atoms with Crippen LogP contribution in [0, 0.1) is 6.92 Å². The van der Waals surface area contributed by atoms with E-state index in [0.717, 1.165) is 0 Å². The van der Waals surface area contributed by atoms with Gasteiger partial charge in [0.1, 0.15) is 5.76 Å². The van der Waals surface area contributed by atoms with Crippen LogP contribution in [0.1, 0.15) is 52.5 Å². The number of rotatable bonds is 5. The number of amides is 3. The molecule has 0 radical (unpaired) electrons. The summed E-state index contributed by atoms with van der Waals surface area (Å²) in [4.78, 5) is 44.7. The quantitative estimate of drug-likeness (QED) is 0.734. The molecule has 9 heteroatoms. The SMILES string of the molecule is COC(=O)[C@@H](NC(=O)N1CCC(c2nc(C(=O)N(C)C)c(C)o2)CC1)c1ccccc1. The summed E-state index contributed by atoms with van der Waals surface area (Å²) in [5.41, 5.74) is 0.981. The highest BCUT2D eigenvalue weighted by Gasteiger charge is 2.31. The van der Waals surface area contributed by atoms with Crippen LogP contribution in [0.4, 0.5) is 4.79 Å². The minimum absolute atomic E-state index is 0.0250. The van der Waals surface area contributed by atoms with Gasteiger partial charge in [0.15, 0.2) is 17.6 Å². The van der Waals surface area contributed by atoms with E-state index < -0.39 is 12.0 Å². The number of likely N-dealkylation sites (tertiary alicyclic amines) is 1. The molecule has 1 aliphatic rings. The molecule has 0 unspecified atom stereocenters. The fourth-order valence-corrected chi connectivity index (χ4v) is 3.59. The van der Waals surface area contributed by atoms with Crippen LogP contribution >= 0.6 is 0 Å². The van der Waals surface area contributed by atoms with Gasteiger partial charge in [0.05, 0.1) is 7.11 Å². The molecule has 1 saturated heterocycles. The number of nitrogens with zero attached hydrogens (tertiary/aromatic N) is 3. The lowest BCUT2D eigenvalue weighted by molar-refractivity contribution is -0.143. The van der Waals surface area contributed by atoms with Crippen molar-refractivity contribution in [1.29, 1.82) is 0 Å². The Morgan fingerprint density at radius 3 is 2.42 bits per heavy atom. The Morgan fingerprint density at radius 2 is 1.84 bits per heavy atom. The van der Waals surface area contributed by atoms with E-state index in [4.69, 9.17) is 9.15 Å². The minimum Gasteiger partial charge on any atom is -0.467 e. The second-order valence-electron chi connectivity index (χ2n) is 7.73. The molecular weight excluding hydrogens is 400 g/mol. The zero-order chi connectivity index (χ0) is 22.5. The first-order valence-electron chi connectivity index (χ1n) is 10.2. The smallest absolute Gasteiger partial charge is 0.333 e. The van der Waals surface area contributed by atoms with Crippen molar-refractivity contribution in [3.63, 3.8) is 0 Å². The number of piperidine rings is 1. The second kappa shape index (κ2) is 9.63. The zero-order valence-electron chi connectivity index (χ0n) is 18.3. The number of aromatic nitrogens is 1. The number of nitrogens with one attached hydrogen (secondary N) is 1. The first-order chi connectivity index (χ1) is 14.8. The number of carbonyl (C=O) groups excluding carboxylic acids is 3. The van der Waals surface area contributed by atoms with E-state index in [1.54, 1.807) is 50.2 Å². The number of ether oxygens (including phenoxy) is 1. The third-order valence-electron chi connectivity index (χ3n) is 5.39. The summed E-state index contributed by atoms with van der Waals surface area (Å²) < 4.78 is 10.6. The average Bonchev–Trinajstić information content (AvgIpc) is 3.18. The minimum atomic E-state index is -0.870. The van der Waals surface area contributed by atoms with Crippen LogP contribution in [0.3, 0.4) is 0 Å². The zero-order valence-corrected chi connectivity index (χ0v) is 18.3. The summed E-state index contributed by atoms with van der Waals surface area (Å²) in [6.07, 6.45) is 1.30. The van der Waals surface area contributed by atoms with Gasteiger partial charge in [-0.05, 0) is 25.3 Å². The molecule has 0 saturated carbocycles. The standard InChI is InChI=1S/C22H28N4O5/c1-14-17(20(27)25(2)3)23-19(31-14)16-10-12-26(13-11-16)22(29)24-18(21(28)30-4)15-8-6-5-7-9-15/h5-9,16,18H,10-13H2,1-4H3,(H,24,29)/t18-/m0/s1. The molecule has 2 aromatic rings. The molecule has 0 bridgehead atoms. The molecule has 9 nitrogen and oxygen atoms in total. The number of carbonyl (C=O) groups is 3. The van der Waals surface area contributed by atoms with Gasteiger partial charge in [-0.15, -0.1) is 0 Å². The number of esters is 1. The number of hydrogen-bond donors (Lipinski definition) is 1. The molecule has 1 aliphatic heterocycles. The van der Waals surface area contributed by atoms with Crippen LogP contribution in [0.5, 0.6) is 0 Å². The Labute approximate surface area is 181 Å². The van der Waals surface area contributed by atoms with Gasteiger partial charge in [0, 0.05) is 33.1 Å². The number of oxazole rings is 1. The lowest BCUT2D eigenvalue weighted by Gasteiger charge is -2.31. The van der Waals surface area contributed by atoms with E-state index >= 15 is 0 Å². The third kappa shape index (κ3) is 5.04. The summed E-state index contributed by atoms with van der Waals surface area (Å²) in [5, 5.41) is 2.77. The largest absolute Gasteiger partial charge is 0.467 e. The molecular formula is C22H28N4O5. The Hall–Kier alpha value is -3.36. The van der Waals surface area contributed by atoms with Gasteiger partial charge >= 0.3 is 12.0 Å². The van der Waals surface area contributed by atoms with E-state index in [2.05, 4.69) is 10.3 Å². The van der Waals surface area contributed by atoms with E-state index in [1.165, 1.54) is 12.0 Å². The molecule has 166 valence electrons. The molecule has 0 spiro atoms. The van der Waals surface area contributed by atoms with Crippen molar-refractivity contribution in [1.82, 2.24) is 20.1 Å². The van der Waals surface area contributed by atoms with Crippen molar-refractivity contribution in [3.8, 4) is 0 Å². The van der Waals surface area contributed by atoms with Crippen LogP contribution in [0.2, 0.25) is 0 Å². The normalized spacial score (nSPS) is 15.3. The van der Waals surface area contributed by atoms with Gasteiger partial charge in [-0.1, -0.05) is 30.3 Å². The number of aryl methyl sites for hydroxylation is 1. The van der Waals surface area contributed by atoms with Crippen LogP contribution in [0.25, 0.3) is 0 Å². The first kappa shape index (κ1) is 22.3. The second-order valence-corrected chi connectivity index (χ2v) is 7.73. The molecule has 1 N–H and O–H groups in total.